The molecule has 5 nitrogen and oxygen atoms in total. The first-order valence-electron chi connectivity index (χ1n) is 10.2. The standard InChI is InChI=1S/C24H31BrN2O3/c1-16(2)20-9-11-22(12-10-20)30-15-23(28)27(18(5)24(29)26-17(3)4)14-19-7-6-8-21(25)13-19/h6-13,16-18H,14-15H2,1-5H3,(H,26,29)/t18-/m1/s1. The van der Waals surface area contributed by atoms with Crippen LogP contribution in [0.1, 0.15) is 51.7 Å². The summed E-state index contributed by atoms with van der Waals surface area (Å²) in [5, 5.41) is 2.88. The van der Waals surface area contributed by atoms with Gasteiger partial charge in [-0.1, -0.05) is 54.0 Å². The predicted molar refractivity (Wildman–Crippen MR) is 123 cm³/mol. The highest BCUT2D eigenvalue weighted by Crippen LogP contribution is 2.19. The Bertz CT molecular complexity index is 850. The van der Waals surface area contributed by atoms with Gasteiger partial charge < -0.3 is 15.0 Å². The number of benzene rings is 2. The van der Waals surface area contributed by atoms with Gasteiger partial charge in [-0.05, 0) is 62.1 Å². The number of nitrogens with zero attached hydrogens (tertiary/aromatic N) is 1. The molecule has 6 heteroatoms. The minimum Gasteiger partial charge on any atom is -0.484 e. The normalized spacial score (nSPS) is 12.0. The van der Waals surface area contributed by atoms with Gasteiger partial charge in [-0.2, -0.15) is 0 Å². The third-order valence-electron chi connectivity index (χ3n) is 4.75. The zero-order valence-corrected chi connectivity index (χ0v) is 19.9. The summed E-state index contributed by atoms with van der Waals surface area (Å²) in [6.45, 7) is 9.98. The maximum Gasteiger partial charge on any atom is 0.261 e. The van der Waals surface area contributed by atoms with Gasteiger partial charge in [0.05, 0.1) is 0 Å². The number of ether oxygens (including phenoxy) is 1. The van der Waals surface area contributed by atoms with Crippen molar-refractivity contribution in [3.63, 3.8) is 0 Å². The lowest BCUT2D eigenvalue weighted by Crippen LogP contribution is -2.50. The second-order valence-electron chi connectivity index (χ2n) is 8.00. The smallest absolute Gasteiger partial charge is 0.261 e. The van der Waals surface area contributed by atoms with Crippen LogP contribution in [0.4, 0.5) is 0 Å². The summed E-state index contributed by atoms with van der Waals surface area (Å²) in [5.41, 5.74) is 2.15. The monoisotopic (exact) mass is 474 g/mol. The zero-order chi connectivity index (χ0) is 22.3. The van der Waals surface area contributed by atoms with Crippen LogP contribution in [0, 0.1) is 0 Å². The number of amides is 2. The highest BCUT2D eigenvalue weighted by molar-refractivity contribution is 9.10. The maximum atomic E-state index is 13.0. The number of nitrogens with one attached hydrogen (secondary N) is 1. The molecule has 1 atom stereocenters. The van der Waals surface area contributed by atoms with Crippen molar-refractivity contribution in [3.05, 3.63) is 64.1 Å². The molecule has 2 amide bonds. The van der Waals surface area contributed by atoms with E-state index in [0.29, 0.717) is 18.2 Å². The molecule has 0 saturated heterocycles. The molecule has 2 aromatic rings. The van der Waals surface area contributed by atoms with E-state index in [0.717, 1.165) is 10.0 Å². The Hall–Kier alpha value is -2.34. The molecule has 0 fully saturated rings. The van der Waals surface area contributed by atoms with Crippen molar-refractivity contribution >= 4 is 27.7 Å². The fraction of sp³-hybridized carbons (Fsp3) is 0.417. The second-order valence-corrected chi connectivity index (χ2v) is 8.92. The number of hydrogen-bond donors (Lipinski definition) is 1. The fourth-order valence-electron chi connectivity index (χ4n) is 3.00. The van der Waals surface area contributed by atoms with Gasteiger partial charge >= 0.3 is 0 Å². The molecule has 0 unspecified atom stereocenters. The molecule has 0 bridgehead atoms. The average molecular weight is 475 g/mol. The van der Waals surface area contributed by atoms with Gasteiger partial charge in [-0.3, -0.25) is 9.59 Å². The molecule has 0 heterocycles. The SMILES string of the molecule is CC(C)NC(=O)[C@@H](C)N(Cc1cccc(Br)c1)C(=O)COc1ccc(C(C)C)cc1. The lowest BCUT2D eigenvalue weighted by Gasteiger charge is -2.29. The lowest BCUT2D eigenvalue weighted by atomic mass is 10.0. The second kappa shape index (κ2) is 11.2. The van der Waals surface area contributed by atoms with Gasteiger partial charge in [-0.15, -0.1) is 0 Å². The molecule has 0 radical (unpaired) electrons. The zero-order valence-electron chi connectivity index (χ0n) is 18.3. The molecule has 0 spiro atoms. The Morgan fingerprint density at radius 2 is 1.70 bits per heavy atom. The van der Waals surface area contributed by atoms with Gasteiger partial charge in [0.2, 0.25) is 5.91 Å². The van der Waals surface area contributed by atoms with Crippen LogP contribution in [-0.4, -0.2) is 35.4 Å². The number of carbonyl (C=O) groups excluding carboxylic acids is 2. The van der Waals surface area contributed by atoms with E-state index in [4.69, 9.17) is 4.74 Å². The Morgan fingerprint density at radius 1 is 1.03 bits per heavy atom. The van der Waals surface area contributed by atoms with Crippen molar-refractivity contribution in [2.75, 3.05) is 6.61 Å². The van der Waals surface area contributed by atoms with Crippen LogP contribution < -0.4 is 10.1 Å². The average Bonchev–Trinajstić information content (AvgIpc) is 2.69. The summed E-state index contributed by atoms with van der Waals surface area (Å²) in [5.74, 6) is 0.639. The Morgan fingerprint density at radius 3 is 2.27 bits per heavy atom. The van der Waals surface area contributed by atoms with Gasteiger partial charge in [0.1, 0.15) is 11.8 Å². The van der Waals surface area contributed by atoms with Crippen LogP contribution in [0.2, 0.25) is 0 Å². The van der Waals surface area contributed by atoms with Gasteiger partial charge in [0.25, 0.3) is 5.91 Å². The highest BCUT2D eigenvalue weighted by Gasteiger charge is 2.27. The van der Waals surface area contributed by atoms with E-state index in [1.54, 1.807) is 11.8 Å². The first-order chi connectivity index (χ1) is 14.2. The first kappa shape index (κ1) is 23.9. The van der Waals surface area contributed by atoms with Crippen molar-refractivity contribution in [1.82, 2.24) is 10.2 Å². The van der Waals surface area contributed by atoms with Gasteiger partial charge in [-0.25, -0.2) is 0 Å². The Balaban J connectivity index is 2.13. The topological polar surface area (TPSA) is 58.6 Å². The molecule has 0 aliphatic heterocycles. The summed E-state index contributed by atoms with van der Waals surface area (Å²) in [6, 6.07) is 14.8. The van der Waals surface area contributed by atoms with Crippen molar-refractivity contribution < 1.29 is 14.3 Å². The molecule has 1 N–H and O–H groups in total. The van der Waals surface area contributed by atoms with Crippen molar-refractivity contribution in [2.45, 2.75) is 59.2 Å². The number of hydrogen-bond acceptors (Lipinski definition) is 3. The molecule has 0 aliphatic carbocycles. The summed E-state index contributed by atoms with van der Waals surface area (Å²) < 4.78 is 6.65. The van der Waals surface area contributed by atoms with Crippen LogP contribution in [0.5, 0.6) is 5.75 Å². The minimum atomic E-state index is -0.620. The number of halogens is 1. The van der Waals surface area contributed by atoms with E-state index < -0.39 is 6.04 Å². The highest BCUT2D eigenvalue weighted by atomic mass is 79.9. The lowest BCUT2D eigenvalue weighted by molar-refractivity contribution is -0.142. The van der Waals surface area contributed by atoms with E-state index in [1.807, 2.05) is 62.4 Å². The quantitative estimate of drug-likeness (QED) is 0.562. The first-order valence-corrected chi connectivity index (χ1v) is 11.0. The number of rotatable bonds is 9. The molecule has 2 rings (SSSR count). The number of carbonyl (C=O) groups is 2. The van der Waals surface area contributed by atoms with Crippen LogP contribution in [0.3, 0.4) is 0 Å². The summed E-state index contributed by atoms with van der Waals surface area (Å²) in [7, 11) is 0. The molecule has 0 aliphatic rings. The van der Waals surface area contributed by atoms with E-state index in [-0.39, 0.29) is 24.5 Å². The summed E-state index contributed by atoms with van der Waals surface area (Å²) >= 11 is 3.46. The maximum absolute atomic E-state index is 13.0. The third-order valence-corrected chi connectivity index (χ3v) is 5.24. The summed E-state index contributed by atoms with van der Waals surface area (Å²) in [4.78, 5) is 27.2. The Kier molecular flexibility index (Phi) is 8.90. The van der Waals surface area contributed by atoms with E-state index in [1.165, 1.54) is 5.56 Å². The van der Waals surface area contributed by atoms with Crippen LogP contribution in [0.15, 0.2) is 53.0 Å². The Labute approximate surface area is 187 Å². The molecular weight excluding hydrogens is 444 g/mol. The third kappa shape index (κ3) is 7.17. The van der Waals surface area contributed by atoms with Crippen molar-refractivity contribution in [3.8, 4) is 5.75 Å². The molecule has 30 heavy (non-hydrogen) atoms. The van der Waals surface area contributed by atoms with Crippen LogP contribution in [0.25, 0.3) is 0 Å². The molecular formula is C24H31BrN2O3. The van der Waals surface area contributed by atoms with E-state index in [9.17, 15) is 9.59 Å². The van der Waals surface area contributed by atoms with Crippen LogP contribution >= 0.6 is 15.9 Å². The van der Waals surface area contributed by atoms with Crippen molar-refractivity contribution in [1.29, 1.82) is 0 Å². The van der Waals surface area contributed by atoms with E-state index in [2.05, 4.69) is 35.1 Å². The molecule has 162 valence electrons. The molecule has 0 saturated carbocycles. The van der Waals surface area contributed by atoms with Gasteiger partial charge in [0, 0.05) is 17.1 Å². The molecule has 0 aromatic heterocycles. The largest absolute Gasteiger partial charge is 0.484 e. The molecule has 2 aromatic carbocycles. The van der Waals surface area contributed by atoms with E-state index >= 15 is 0 Å². The van der Waals surface area contributed by atoms with Crippen molar-refractivity contribution in [2.24, 2.45) is 0 Å². The minimum absolute atomic E-state index is 0.00139. The predicted octanol–water partition coefficient (Wildman–Crippen LogP) is 4.89. The summed E-state index contributed by atoms with van der Waals surface area (Å²) in [6.07, 6.45) is 0. The fourth-order valence-corrected chi connectivity index (χ4v) is 3.44. The van der Waals surface area contributed by atoms with Gasteiger partial charge in [0.15, 0.2) is 6.61 Å². The van der Waals surface area contributed by atoms with Crippen LogP contribution in [-0.2, 0) is 16.1 Å².